The molecule has 0 amide bonds. The van der Waals surface area contributed by atoms with Crippen molar-refractivity contribution in [3.05, 3.63) is 35.9 Å². The van der Waals surface area contributed by atoms with E-state index < -0.39 is 20.3 Å². The number of hydrogen-bond donors (Lipinski definition) is 0. The van der Waals surface area contributed by atoms with Crippen molar-refractivity contribution in [2.75, 3.05) is 6.61 Å². The van der Waals surface area contributed by atoms with E-state index in [1.54, 1.807) is 25.1 Å². The van der Waals surface area contributed by atoms with Crippen molar-refractivity contribution in [2.45, 2.75) is 63.4 Å². The molecule has 0 radical (unpaired) electrons. The molecule has 1 unspecified atom stereocenters. The van der Waals surface area contributed by atoms with Gasteiger partial charge in [0.25, 0.3) is 0 Å². The Bertz CT molecular complexity index is 778. The Morgan fingerprint density at radius 3 is 2.21 bits per heavy atom. The smallest absolute Gasteiger partial charge is 0.220 e. The molecule has 1 fully saturated rings. The van der Waals surface area contributed by atoms with Crippen LogP contribution in [0.1, 0.15) is 53.1 Å². The van der Waals surface area contributed by atoms with E-state index in [-0.39, 0.29) is 11.6 Å². The van der Waals surface area contributed by atoms with Gasteiger partial charge in [-0.05, 0) is 47.1 Å². The molecule has 1 aromatic carbocycles. The normalized spacial score (nSPS) is 32.2. The standard InChI is InChI=1S/C18H26N2O3S/c1-16(2,3)24(21,22)20-14(13-10-8-7-9-11-13)18(20,6)15-19-17(4,5)12-23-15/h7-11,14H,12H2,1-6H3/t14-,18-,20?/m1/s1. The molecule has 3 atom stereocenters. The van der Waals surface area contributed by atoms with Gasteiger partial charge in [-0.2, -0.15) is 4.31 Å². The second kappa shape index (κ2) is 5.05. The van der Waals surface area contributed by atoms with Crippen LogP contribution in [-0.2, 0) is 14.8 Å². The van der Waals surface area contributed by atoms with Crippen molar-refractivity contribution >= 4 is 15.9 Å². The van der Waals surface area contributed by atoms with E-state index in [2.05, 4.69) is 4.99 Å². The lowest BCUT2D eigenvalue weighted by Gasteiger charge is -2.22. The van der Waals surface area contributed by atoms with Gasteiger partial charge >= 0.3 is 0 Å². The van der Waals surface area contributed by atoms with Gasteiger partial charge in [0.15, 0.2) is 0 Å². The first-order chi connectivity index (χ1) is 10.9. The highest BCUT2D eigenvalue weighted by Gasteiger charge is 2.72. The molecular formula is C18H26N2O3S. The Morgan fingerprint density at radius 2 is 1.75 bits per heavy atom. The van der Waals surface area contributed by atoms with Crippen LogP contribution in [0.5, 0.6) is 0 Å². The average Bonchev–Trinajstić information content (AvgIpc) is 2.95. The molecule has 0 spiro atoms. The molecule has 2 aliphatic rings. The number of aliphatic imine (C=N–C) groups is 1. The zero-order valence-corrected chi connectivity index (χ0v) is 16.0. The second-order valence-corrected chi connectivity index (χ2v) is 11.0. The molecule has 132 valence electrons. The molecule has 2 heterocycles. The van der Waals surface area contributed by atoms with Gasteiger partial charge in [-0.15, -0.1) is 0 Å². The van der Waals surface area contributed by atoms with E-state index in [1.807, 2.05) is 51.1 Å². The summed E-state index contributed by atoms with van der Waals surface area (Å²) in [6.07, 6.45) is 0. The minimum absolute atomic E-state index is 0.282. The van der Waals surface area contributed by atoms with Gasteiger partial charge < -0.3 is 4.74 Å². The molecule has 1 aromatic rings. The third-order valence-electron chi connectivity index (χ3n) is 4.70. The third-order valence-corrected chi connectivity index (χ3v) is 7.36. The van der Waals surface area contributed by atoms with Crippen molar-refractivity contribution in [1.29, 1.82) is 0 Å². The summed E-state index contributed by atoms with van der Waals surface area (Å²) in [6, 6.07) is 9.42. The highest BCUT2D eigenvalue weighted by molar-refractivity contribution is 7.90. The van der Waals surface area contributed by atoms with Gasteiger partial charge in [-0.1, -0.05) is 30.3 Å². The zero-order valence-electron chi connectivity index (χ0n) is 15.2. The van der Waals surface area contributed by atoms with Gasteiger partial charge in [0.1, 0.15) is 12.1 Å². The maximum atomic E-state index is 13.1. The van der Waals surface area contributed by atoms with Crippen molar-refractivity contribution in [3.63, 3.8) is 0 Å². The predicted molar refractivity (Wildman–Crippen MR) is 95.6 cm³/mol. The van der Waals surface area contributed by atoms with Gasteiger partial charge in [-0.25, -0.2) is 13.4 Å². The Morgan fingerprint density at radius 1 is 1.17 bits per heavy atom. The zero-order chi connectivity index (χ0) is 18.0. The molecule has 6 heteroatoms. The van der Waals surface area contributed by atoms with Crippen LogP contribution in [0.3, 0.4) is 0 Å². The fourth-order valence-corrected chi connectivity index (χ4v) is 5.02. The molecule has 1 saturated heterocycles. The van der Waals surface area contributed by atoms with E-state index in [1.165, 1.54) is 0 Å². The van der Waals surface area contributed by atoms with E-state index in [9.17, 15) is 8.42 Å². The highest BCUT2D eigenvalue weighted by atomic mass is 32.2. The first-order valence-electron chi connectivity index (χ1n) is 8.23. The highest BCUT2D eigenvalue weighted by Crippen LogP contribution is 2.58. The van der Waals surface area contributed by atoms with E-state index in [0.717, 1.165) is 5.56 Å². The van der Waals surface area contributed by atoms with Crippen LogP contribution in [0.4, 0.5) is 0 Å². The van der Waals surface area contributed by atoms with Crippen LogP contribution in [0.25, 0.3) is 0 Å². The van der Waals surface area contributed by atoms with E-state index in [0.29, 0.717) is 12.5 Å². The Kier molecular flexibility index (Phi) is 3.67. The fourth-order valence-electron chi connectivity index (χ4n) is 3.19. The van der Waals surface area contributed by atoms with Gasteiger partial charge in [0.05, 0.1) is 16.3 Å². The number of sulfonamides is 1. The summed E-state index contributed by atoms with van der Waals surface area (Å²) in [7, 11) is -3.51. The molecule has 0 saturated carbocycles. The number of benzene rings is 1. The number of nitrogens with zero attached hydrogens (tertiary/aromatic N) is 2. The lowest BCUT2D eigenvalue weighted by molar-refractivity contribution is 0.267. The average molecular weight is 350 g/mol. The largest absolute Gasteiger partial charge is 0.477 e. The third kappa shape index (κ3) is 2.47. The summed E-state index contributed by atoms with van der Waals surface area (Å²) in [5.74, 6) is 0.522. The summed E-state index contributed by atoms with van der Waals surface area (Å²) >= 11 is 0. The summed E-state index contributed by atoms with van der Waals surface area (Å²) < 4.78 is 32.8. The molecule has 0 bridgehead atoms. The summed E-state index contributed by atoms with van der Waals surface area (Å²) in [5.41, 5.74) is -0.121. The second-order valence-electron chi connectivity index (χ2n) is 8.39. The van der Waals surface area contributed by atoms with Crippen LogP contribution in [-0.4, -0.2) is 41.1 Å². The Hall–Kier alpha value is -1.40. The number of hydrogen-bond acceptors (Lipinski definition) is 4. The monoisotopic (exact) mass is 350 g/mol. The molecule has 2 aliphatic heterocycles. The number of ether oxygens (including phenoxy) is 1. The molecule has 0 aromatic heterocycles. The van der Waals surface area contributed by atoms with Crippen molar-refractivity contribution in [1.82, 2.24) is 4.31 Å². The van der Waals surface area contributed by atoms with Gasteiger partial charge in [0.2, 0.25) is 15.9 Å². The first kappa shape index (κ1) is 17.4. The molecule has 3 rings (SSSR count). The summed E-state index contributed by atoms with van der Waals surface area (Å²) in [4.78, 5) is 4.66. The SMILES string of the molecule is CC1(C)COC([C@@]2(C)[C@@H](c3ccccc3)N2S(=O)(=O)C(C)(C)C)=N1. The number of rotatable bonds is 3. The molecular weight excluding hydrogens is 324 g/mol. The topological polar surface area (TPSA) is 58.7 Å². The van der Waals surface area contributed by atoms with Crippen LogP contribution in [0.2, 0.25) is 0 Å². The maximum absolute atomic E-state index is 13.1. The van der Waals surface area contributed by atoms with Crippen molar-refractivity contribution in [3.8, 4) is 0 Å². The maximum Gasteiger partial charge on any atom is 0.220 e. The van der Waals surface area contributed by atoms with Crippen molar-refractivity contribution in [2.24, 2.45) is 4.99 Å². The lowest BCUT2D eigenvalue weighted by Crippen LogP contribution is -2.39. The predicted octanol–water partition coefficient (Wildman–Crippen LogP) is 3.14. The Labute approximate surface area is 144 Å². The van der Waals surface area contributed by atoms with Gasteiger partial charge in [0, 0.05) is 0 Å². The summed E-state index contributed by atoms with van der Waals surface area (Å²) in [6.45, 7) is 11.5. The minimum atomic E-state index is -3.51. The molecule has 0 aliphatic carbocycles. The molecule has 0 N–H and O–H groups in total. The van der Waals surface area contributed by atoms with Crippen molar-refractivity contribution < 1.29 is 13.2 Å². The summed E-state index contributed by atoms with van der Waals surface area (Å²) in [5, 5.41) is 0. The lowest BCUT2D eigenvalue weighted by atomic mass is 10.0. The minimum Gasteiger partial charge on any atom is -0.477 e. The fraction of sp³-hybridized carbons (Fsp3) is 0.611. The quantitative estimate of drug-likeness (QED) is 0.787. The van der Waals surface area contributed by atoms with Crippen LogP contribution < -0.4 is 0 Å². The van der Waals surface area contributed by atoms with Crippen LogP contribution >= 0.6 is 0 Å². The van der Waals surface area contributed by atoms with E-state index >= 15 is 0 Å². The molecule has 24 heavy (non-hydrogen) atoms. The van der Waals surface area contributed by atoms with Gasteiger partial charge in [-0.3, -0.25) is 0 Å². The van der Waals surface area contributed by atoms with Crippen LogP contribution in [0, 0.1) is 0 Å². The molecule has 5 nitrogen and oxygen atoms in total. The van der Waals surface area contributed by atoms with E-state index in [4.69, 9.17) is 4.74 Å². The Balaban J connectivity index is 2.10. The first-order valence-corrected chi connectivity index (χ1v) is 9.67. The van der Waals surface area contributed by atoms with Crippen LogP contribution in [0.15, 0.2) is 35.3 Å².